The second kappa shape index (κ2) is 7.22. The van der Waals surface area contributed by atoms with Crippen LogP contribution in [0.25, 0.3) is 0 Å². The number of methoxy groups -OCH3 is 1. The minimum Gasteiger partial charge on any atom is -0.465 e. The molecule has 0 unspecified atom stereocenters. The molecule has 0 radical (unpaired) electrons. The number of esters is 1. The Hall–Kier alpha value is -1.88. The molecule has 1 saturated heterocycles. The Bertz CT molecular complexity index is 499. The number of amides is 1. The summed E-state index contributed by atoms with van der Waals surface area (Å²) in [6.07, 6.45) is 3.19. The molecule has 1 aromatic carbocycles. The van der Waals surface area contributed by atoms with Crippen molar-refractivity contribution in [2.75, 3.05) is 20.7 Å². The smallest absolute Gasteiger partial charge is 0.337 e. The summed E-state index contributed by atoms with van der Waals surface area (Å²) in [5, 5.41) is 2.96. The van der Waals surface area contributed by atoms with E-state index in [2.05, 4.69) is 15.0 Å². The number of likely N-dealkylation sites (tertiary alicyclic amines) is 1. The third kappa shape index (κ3) is 4.04. The molecule has 0 saturated carbocycles. The van der Waals surface area contributed by atoms with Gasteiger partial charge >= 0.3 is 5.97 Å². The average Bonchev–Trinajstić information content (AvgIpc) is 2.52. The molecule has 1 fully saturated rings. The van der Waals surface area contributed by atoms with Crippen molar-refractivity contribution in [3.8, 4) is 0 Å². The van der Waals surface area contributed by atoms with Crippen molar-refractivity contribution in [1.29, 1.82) is 0 Å². The van der Waals surface area contributed by atoms with Gasteiger partial charge in [0.2, 0.25) is 5.91 Å². The lowest BCUT2D eigenvalue weighted by atomic mass is 10.0. The molecule has 5 heteroatoms. The molecule has 0 aliphatic carbocycles. The van der Waals surface area contributed by atoms with E-state index in [-0.39, 0.29) is 17.9 Å². The van der Waals surface area contributed by atoms with Gasteiger partial charge in [0.25, 0.3) is 0 Å². The average molecular weight is 290 g/mol. The highest BCUT2D eigenvalue weighted by molar-refractivity contribution is 5.89. The number of hydrogen-bond donors (Lipinski definition) is 1. The van der Waals surface area contributed by atoms with Gasteiger partial charge < -0.3 is 10.1 Å². The lowest BCUT2D eigenvalue weighted by Gasteiger charge is -2.31. The third-order valence-electron chi connectivity index (χ3n) is 3.91. The van der Waals surface area contributed by atoms with Gasteiger partial charge in [0.15, 0.2) is 0 Å². The molecule has 1 heterocycles. The maximum atomic E-state index is 12.2. The van der Waals surface area contributed by atoms with Crippen molar-refractivity contribution >= 4 is 11.9 Å². The number of nitrogens with zero attached hydrogens (tertiary/aromatic N) is 1. The van der Waals surface area contributed by atoms with Crippen LogP contribution in [0, 0.1) is 0 Å². The quantitative estimate of drug-likeness (QED) is 0.855. The van der Waals surface area contributed by atoms with E-state index in [4.69, 9.17) is 0 Å². The topological polar surface area (TPSA) is 58.6 Å². The van der Waals surface area contributed by atoms with Gasteiger partial charge in [0.1, 0.15) is 0 Å². The molecule has 0 spiro atoms. The number of rotatable bonds is 4. The molecular weight excluding hydrogens is 268 g/mol. The summed E-state index contributed by atoms with van der Waals surface area (Å²) in [6.45, 7) is 1.45. The van der Waals surface area contributed by atoms with Gasteiger partial charge in [-0.15, -0.1) is 0 Å². The first-order chi connectivity index (χ1) is 10.1. The number of nitrogens with one attached hydrogen (secondary N) is 1. The summed E-state index contributed by atoms with van der Waals surface area (Å²) in [5.41, 5.74) is 1.48. The number of likely N-dealkylation sites (N-methyl/N-ethyl adjacent to an activating group) is 1. The molecule has 1 aliphatic rings. The molecule has 1 aliphatic heterocycles. The van der Waals surface area contributed by atoms with Crippen LogP contribution in [0.2, 0.25) is 0 Å². The van der Waals surface area contributed by atoms with E-state index in [1.54, 1.807) is 12.1 Å². The number of carbonyl (C=O) groups is 2. The predicted molar refractivity (Wildman–Crippen MR) is 79.9 cm³/mol. The maximum absolute atomic E-state index is 12.2. The number of piperidine rings is 1. The predicted octanol–water partition coefficient (Wildman–Crippen LogP) is 1.57. The van der Waals surface area contributed by atoms with Gasteiger partial charge in [0.05, 0.1) is 18.7 Å². The minimum atomic E-state index is -0.352. The molecule has 114 valence electrons. The second-order valence-electron chi connectivity index (χ2n) is 5.40. The largest absolute Gasteiger partial charge is 0.465 e. The van der Waals surface area contributed by atoms with Crippen molar-refractivity contribution in [3.63, 3.8) is 0 Å². The van der Waals surface area contributed by atoms with Crippen LogP contribution in [0.4, 0.5) is 0 Å². The summed E-state index contributed by atoms with van der Waals surface area (Å²) in [7, 11) is 3.35. The van der Waals surface area contributed by atoms with Gasteiger partial charge in [-0.3, -0.25) is 9.69 Å². The van der Waals surface area contributed by atoms with E-state index in [0.717, 1.165) is 31.4 Å². The van der Waals surface area contributed by atoms with Gasteiger partial charge in [0, 0.05) is 6.54 Å². The number of benzene rings is 1. The Morgan fingerprint density at radius 2 is 2.00 bits per heavy atom. The van der Waals surface area contributed by atoms with Crippen molar-refractivity contribution in [2.45, 2.75) is 31.8 Å². The molecule has 0 bridgehead atoms. The summed E-state index contributed by atoms with van der Waals surface area (Å²) in [5.74, 6) is -0.274. The highest BCUT2D eigenvalue weighted by atomic mass is 16.5. The Morgan fingerprint density at radius 3 is 2.62 bits per heavy atom. The van der Waals surface area contributed by atoms with E-state index in [1.165, 1.54) is 7.11 Å². The van der Waals surface area contributed by atoms with Gasteiger partial charge in [-0.05, 0) is 44.1 Å². The van der Waals surface area contributed by atoms with Crippen molar-refractivity contribution in [2.24, 2.45) is 0 Å². The highest BCUT2D eigenvalue weighted by Crippen LogP contribution is 2.15. The Morgan fingerprint density at radius 1 is 1.29 bits per heavy atom. The summed E-state index contributed by atoms with van der Waals surface area (Å²) in [6, 6.07) is 7.06. The standard InChI is InChI=1S/C16H22N2O3/c1-18-10-4-3-5-14(18)15(19)17-11-12-6-8-13(9-7-12)16(20)21-2/h6-9,14H,3-5,10-11H2,1-2H3,(H,17,19)/t14-/m1/s1. The van der Waals surface area contributed by atoms with Gasteiger partial charge in [-0.25, -0.2) is 4.79 Å². The van der Waals surface area contributed by atoms with Crippen LogP contribution < -0.4 is 5.32 Å². The van der Waals surface area contributed by atoms with Crippen molar-refractivity contribution in [3.05, 3.63) is 35.4 Å². The zero-order chi connectivity index (χ0) is 15.2. The van der Waals surface area contributed by atoms with E-state index in [0.29, 0.717) is 12.1 Å². The van der Waals surface area contributed by atoms with Crippen LogP contribution in [0.15, 0.2) is 24.3 Å². The summed E-state index contributed by atoms with van der Waals surface area (Å²) in [4.78, 5) is 25.6. The fraction of sp³-hybridized carbons (Fsp3) is 0.500. The number of ether oxygens (including phenoxy) is 1. The normalized spacial score (nSPS) is 19.0. The molecule has 0 aromatic heterocycles. The first kappa shape index (κ1) is 15.5. The molecule has 5 nitrogen and oxygen atoms in total. The van der Waals surface area contributed by atoms with E-state index < -0.39 is 0 Å². The Labute approximate surface area is 125 Å². The minimum absolute atomic E-state index is 0.0203. The van der Waals surface area contributed by atoms with Crippen LogP contribution >= 0.6 is 0 Å². The molecule has 1 amide bonds. The van der Waals surface area contributed by atoms with Crippen LogP contribution in [-0.4, -0.2) is 43.5 Å². The van der Waals surface area contributed by atoms with Crippen LogP contribution in [0.1, 0.15) is 35.2 Å². The van der Waals surface area contributed by atoms with Crippen LogP contribution in [-0.2, 0) is 16.1 Å². The lowest BCUT2D eigenvalue weighted by molar-refractivity contribution is -0.127. The molecule has 1 N–H and O–H groups in total. The van der Waals surface area contributed by atoms with Crippen molar-refractivity contribution in [1.82, 2.24) is 10.2 Å². The first-order valence-electron chi connectivity index (χ1n) is 7.27. The zero-order valence-electron chi connectivity index (χ0n) is 12.6. The van der Waals surface area contributed by atoms with E-state index >= 15 is 0 Å². The number of hydrogen-bond acceptors (Lipinski definition) is 4. The molecule has 21 heavy (non-hydrogen) atoms. The third-order valence-corrected chi connectivity index (χ3v) is 3.91. The SMILES string of the molecule is COC(=O)c1ccc(CNC(=O)[C@H]2CCCCN2C)cc1. The maximum Gasteiger partial charge on any atom is 0.337 e. The lowest BCUT2D eigenvalue weighted by Crippen LogP contribution is -2.47. The molecular formula is C16H22N2O3. The fourth-order valence-corrected chi connectivity index (χ4v) is 2.59. The molecule has 1 atom stereocenters. The summed E-state index contributed by atoms with van der Waals surface area (Å²) >= 11 is 0. The first-order valence-corrected chi connectivity index (χ1v) is 7.27. The fourth-order valence-electron chi connectivity index (χ4n) is 2.59. The van der Waals surface area contributed by atoms with Gasteiger partial charge in [-0.1, -0.05) is 18.6 Å². The van der Waals surface area contributed by atoms with Crippen LogP contribution in [0.5, 0.6) is 0 Å². The van der Waals surface area contributed by atoms with Crippen molar-refractivity contribution < 1.29 is 14.3 Å². The van der Waals surface area contributed by atoms with E-state index in [1.807, 2.05) is 19.2 Å². The summed E-state index contributed by atoms with van der Waals surface area (Å²) < 4.78 is 4.65. The van der Waals surface area contributed by atoms with Crippen LogP contribution in [0.3, 0.4) is 0 Å². The second-order valence-corrected chi connectivity index (χ2v) is 5.40. The Balaban J connectivity index is 1.87. The molecule has 2 rings (SSSR count). The van der Waals surface area contributed by atoms with Gasteiger partial charge in [-0.2, -0.15) is 0 Å². The Kier molecular flexibility index (Phi) is 5.33. The number of carbonyl (C=O) groups excluding carboxylic acids is 2. The molecule has 1 aromatic rings. The monoisotopic (exact) mass is 290 g/mol. The van der Waals surface area contributed by atoms with E-state index in [9.17, 15) is 9.59 Å². The zero-order valence-corrected chi connectivity index (χ0v) is 12.6. The highest BCUT2D eigenvalue weighted by Gasteiger charge is 2.25.